The first-order valence-electron chi connectivity index (χ1n) is 6.54. The van der Waals surface area contributed by atoms with E-state index in [1.54, 1.807) is 18.3 Å². The quantitative estimate of drug-likeness (QED) is 0.900. The Morgan fingerprint density at radius 3 is 2.40 bits per heavy atom. The molecule has 1 aromatic carbocycles. The van der Waals surface area contributed by atoms with Crippen molar-refractivity contribution in [2.45, 2.75) is 27.2 Å². The number of carbonyl (C=O) groups is 1. The van der Waals surface area contributed by atoms with E-state index in [0.29, 0.717) is 17.9 Å². The standard InChI is InChI=1S/C16H19N3O/c1-10-6-11(2)14(12(3)7-10)8-16(20)19-13-4-5-15(17)18-9-13/h4-7,9H,8H2,1-3H3,(H2,17,18)(H,19,20). The molecule has 0 bridgehead atoms. The number of nitrogens with two attached hydrogens (primary N) is 1. The summed E-state index contributed by atoms with van der Waals surface area (Å²) < 4.78 is 0. The van der Waals surface area contributed by atoms with Crippen molar-refractivity contribution >= 4 is 17.4 Å². The minimum atomic E-state index is -0.0494. The van der Waals surface area contributed by atoms with E-state index in [-0.39, 0.29) is 5.91 Å². The molecular weight excluding hydrogens is 250 g/mol. The van der Waals surface area contributed by atoms with E-state index in [0.717, 1.165) is 16.7 Å². The molecule has 2 rings (SSSR count). The van der Waals surface area contributed by atoms with Crippen LogP contribution in [0.4, 0.5) is 11.5 Å². The smallest absolute Gasteiger partial charge is 0.228 e. The summed E-state index contributed by atoms with van der Waals surface area (Å²) >= 11 is 0. The minimum absolute atomic E-state index is 0.0494. The molecule has 0 aliphatic heterocycles. The second-order valence-electron chi connectivity index (χ2n) is 5.07. The summed E-state index contributed by atoms with van der Waals surface area (Å²) in [5.74, 6) is 0.389. The highest BCUT2D eigenvalue weighted by molar-refractivity contribution is 5.92. The number of nitrogen functional groups attached to an aromatic ring is 1. The molecule has 0 spiro atoms. The number of hydrogen-bond donors (Lipinski definition) is 2. The van der Waals surface area contributed by atoms with Crippen LogP contribution >= 0.6 is 0 Å². The van der Waals surface area contributed by atoms with E-state index in [1.165, 1.54) is 5.56 Å². The number of rotatable bonds is 3. The number of aromatic nitrogens is 1. The average molecular weight is 269 g/mol. The third kappa shape index (κ3) is 3.35. The van der Waals surface area contributed by atoms with Crippen LogP contribution in [0, 0.1) is 20.8 Å². The summed E-state index contributed by atoms with van der Waals surface area (Å²) in [5, 5.41) is 2.83. The maximum Gasteiger partial charge on any atom is 0.228 e. The van der Waals surface area contributed by atoms with Gasteiger partial charge in [0.25, 0.3) is 0 Å². The van der Waals surface area contributed by atoms with Gasteiger partial charge in [0.2, 0.25) is 5.91 Å². The van der Waals surface area contributed by atoms with Crippen molar-refractivity contribution in [2.75, 3.05) is 11.1 Å². The molecule has 1 amide bonds. The Morgan fingerprint density at radius 2 is 1.85 bits per heavy atom. The highest BCUT2D eigenvalue weighted by Crippen LogP contribution is 2.17. The lowest BCUT2D eigenvalue weighted by molar-refractivity contribution is -0.115. The third-order valence-electron chi connectivity index (χ3n) is 3.25. The van der Waals surface area contributed by atoms with Crippen LogP contribution < -0.4 is 11.1 Å². The lowest BCUT2D eigenvalue weighted by atomic mass is 9.97. The highest BCUT2D eigenvalue weighted by atomic mass is 16.1. The van der Waals surface area contributed by atoms with E-state index in [4.69, 9.17) is 5.73 Å². The highest BCUT2D eigenvalue weighted by Gasteiger charge is 2.09. The van der Waals surface area contributed by atoms with Gasteiger partial charge in [-0.05, 0) is 49.6 Å². The van der Waals surface area contributed by atoms with Crippen LogP contribution in [0.1, 0.15) is 22.3 Å². The lowest BCUT2D eigenvalue weighted by Crippen LogP contribution is -2.16. The van der Waals surface area contributed by atoms with Gasteiger partial charge in [0.15, 0.2) is 0 Å². The van der Waals surface area contributed by atoms with Crippen molar-refractivity contribution in [1.82, 2.24) is 4.98 Å². The van der Waals surface area contributed by atoms with Crippen LogP contribution in [-0.4, -0.2) is 10.9 Å². The third-order valence-corrected chi connectivity index (χ3v) is 3.25. The van der Waals surface area contributed by atoms with Crippen molar-refractivity contribution in [2.24, 2.45) is 0 Å². The van der Waals surface area contributed by atoms with Gasteiger partial charge in [0.05, 0.1) is 18.3 Å². The summed E-state index contributed by atoms with van der Waals surface area (Å²) in [5.41, 5.74) is 10.8. The Bertz CT molecular complexity index is 610. The Kier molecular flexibility index (Phi) is 4.03. The summed E-state index contributed by atoms with van der Waals surface area (Å²) in [7, 11) is 0. The number of hydrogen-bond acceptors (Lipinski definition) is 3. The zero-order chi connectivity index (χ0) is 14.7. The van der Waals surface area contributed by atoms with Crippen LogP contribution in [0.5, 0.6) is 0 Å². The molecule has 2 aromatic rings. The number of benzene rings is 1. The monoisotopic (exact) mass is 269 g/mol. The van der Waals surface area contributed by atoms with Crippen LogP contribution in [0.15, 0.2) is 30.5 Å². The number of aryl methyl sites for hydroxylation is 3. The van der Waals surface area contributed by atoms with Crippen molar-refractivity contribution in [3.63, 3.8) is 0 Å². The van der Waals surface area contributed by atoms with Gasteiger partial charge in [-0.15, -0.1) is 0 Å². The molecule has 104 valence electrons. The van der Waals surface area contributed by atoms with Crippen LogP contribution in [0.25, 0.3) is 0 Å². The summed E-state index contributed by atoms with van der Waals surface area (Å²) in [6.45, 7) is 6.13. The van der Waals surface area contributed by atoms with Crippen LogP contribution in [-0.2, 0) is 11.2 Å². The average Bonchev–Trinajstić information content (AvgIpc) is 2.36. The van der Waals surface area contributed by atoms with Gasteiger partial charge in [0, 0.05) is 0 Å². The molecule has 1 aromatic heterocycles. The van der Waals surface area contributed by atoms with Gasteiger partial charge < -0.3 is 11.1 Å². The molecule has 4 nitrogen and oxygen atoms in total. The number of nitrogens with zero attached hydrogens (tertiary/aromatic N) is 1. The van der Waals surface area contributed by atoms with Gasteiger partial charge >= 0.3 is 0 Å². The number of nitrogens with one attached hydrogen (secondary N) is 1. The molecule has 4 heteroatoms. The molecule has 0 unspecified atom stereocenters. The number of anilines is 2. The number of amides is 1. The van der Waals surface area contributed by atoms with Crippen molar-refractivity contribution < 1.29 is 4.79 Å². The van der Waals surface area contributed by atoms with Crippen LogP contribution in [0.3, 0.4) is 0 Å². The van der Waals surface area contributed by atoms with Crippen molar-refractivity contribution in [3.8, 4) is 0 Å². The first-order valence-corrected chi connectivity index (χ1v) is 6.54. The van der Waals surface area contributed by atoms with E-state index in [9.17, 15) is 4.79 Å². The molecule has 0 radical (unpaired) electrons. The predicted molar refractivity (Wildman–Crippen MR) is 81.6 cm³/mol. The van der Waals surface area contributed by atoms with E-state index >= 15 is 0 Å². The topological polar surface area (TPSA) is 68.0 Å². The first kappa shape index (κ1) is 14.1. The first-order chi connectivity index (χ1) is 9.45. The molecule has 20 heavy (non-hydrogen) atoms. The fourth-order valence-electron chi connectivity index (χ4n) is 2.33. The number of carbonyl (C=O) groups excluding carboxylic acids is 1. The second kappa shape index (κ2) is 5.74. The largest absolute Gasteiger partial charge is 0.384 e. The van der Waals surface area contributed by atoms with E-state index in [2.05, 4.69) is 29.4 Å². The normalized spacial score (nSPS) is 10.3. The van der Waals surface area contributed by atoms with Gasteiger partial charge in [-0.2, -0.15) is 0 Å². The van der Waals surface area contributed by atoms with Crippen molar-refractivity contribution in [1.29, 1.82) is 0 Å². The summed E-state index contributed by atoms with van der Waals surface area (Å²) in [6, 6.07) is 7.61. The predicted octanol–water partition coefficient (Wildman–Crippen LogP) is 2.77. The Hall–Kier alpha value is -2.36. The Labute approximate surface area is 119 Å². The van der Waals surface area contributed by atoms with Gasteiger partial charge in [0.1, 0.15) is 5.82 Å². The lowest BCUT2D eigenvalue weighted by Gasteiger charge is -2.11. The molecular formula is C16H19N3O. The van der Waals surface area contributed by atoms with Gasteiger partial charge in [-0.3, -0.25) is 4.79 Å². The Balaban J connectivity index is 2.10. The van der Waals surface area contributed by atoms with E-state index in [1.807, 2.05) is 13.8 Å². The zero-order valence-corrected chi connectivity index (χ0v) is 12.0. The molecule has 0 aliphatic carbocycles. The zero-order valence-electron chi connectivity index (χ0n) is 12.0. The van der Waals surface area contributed by atoms with Crippen molar-refractivity contribution in [3.05, 3.63) is 52.7 Å². The number of pyridine rings is 1. The fraction of sp³-hybridized carbons (Fsp3) is 0.250. The second-order valence-corrected chi connectivity index (χ2v) is 5.07. The molecule has 0 aliphatic rings. The summed E-state index contributed by atoms with van der Waals surface area (Å²) in [6.07, 6.45) is 1.92. The van der Waals surface area contributed by atoms with Gasteiger partial charge in [-0.1, -0.05) is 17.7 Å². The maximum atomic E-state index is 12.1. The molecule has 0 saturated heterocycles. The van der Waals surface area contributed by atoms with Crippen LogP contribution in [0.2, 0.25) is 0 Å². The molecule has 3 N–H and O–H groups in total. The molecule has 1 heterocycles. The fourth-order valence-corrected chi connectivity index (χ4v) is 2.33. The SMILES string of the molecule is Cc1cc(C)c(CC(=O)Nc2ccc(N)nc2)c(C)c1. The molecule has 0 saturated carbocycles. The maximum absolute atomic E-state index is 12.1. The Morgan fingerprint density at radius 1 is 1.20 bits per heavy atom. The van der Waals surface area contributed by atoms with E-state index < -0.39 is 0 Å². The molecule has 0 atom stereocenters. The summed E-state index contributed by atoms with van der Waals surface area (Å²) in [4.78, 5) is 16.0. The molecule has 0 fully saturated rings. The van der Waals surface area contributed by atoms with Gasteiger partial charge in [-0.25, -0.2) is 4.98 Å². The minimum Gasteiger partial charge on any atom is -0.384 e.